The number of fused-ring (bicyclic) bond motifs is 3. The van der Waals surface area contributed by atoms with Crippen LogP contribution in [0.25, 0.3) is 0 Å². The topological polar surface area (TPSA) is 155 Å². The highest BCUT2D eigenvalue weighted by atomic mass is 31.2. The number of alkyl carbamates (subject to hydrolysis) is 1. The van der Waals surface area contributed by atoms with Crippen LogP contribution in [0.2, 0.25) is 0 Å². The number of aryl methyl sites for hydroxylation is 1. The van der Waals surface area contributed by atoms with E-state index in [1.165, 1.54) is 10.5 Å². The van der Waals surface area contributed by atoms with Gasteiger partial charge >= 0.3 is 12.2 Å². The molecule has 7 atom stereocenters. The van der Waals surface area contributed by atoms with Crippen LogP contribution in [0.5, 0.6) is 0 Å². The molecule has 1 saturated carbocycles. The van der Waals surface area contributed by atoms with Gasteiger partial charge in [-0.15, -0.1) is 6.58 Å². The van der Waals surface area contributed by atoms with Crippen molar-refractivity contribution in [3.05, 3.63) is 77.9 Å². The summed E-state index contributed by atoms with van der Waals surface area (Å²) in [5.74, 6) is -1.58. The number of hydrogen-bond acceptors (Lipinski definition) is 7. The van der Waals surface area contributed by atoms with Gasteiger partial charge in [0.15, 0.2) is 0 Å². The minimum absolute atomic E-state index is 0.0376. The Hall–Kier alpha value is -4.15. The Kier molecular flexibility index (Phi) is 10.6. The Morgan fingerprint density at radius 1 is 1.08 bits per heavy atom. The van der Waals surface area contributed by atoms with Crippen molar-refractivity contribution < 1.29 is 38.1 Å². The molecule has 4 bridgehead atoms. The predicted molar refractivity (Wildman–Crippen MR) is 196 cm³/mol. The van der Waals surface area contributed by atoms with Crippen molar-refractivity contribution in [2.24, 2.45) is 17.3 Å². The largest absolute Gasteiger partial charge is 0.449 e. The Morgan fingerprint density at radius 2 is 1.81 bits per heavy atom. The molecule has 280 valence electrons. The number of nitrogens with one attached hydrogen (secondary N) is 2. The van der Waals surface area contributed by atoms with Crippen LogP contribution in [0.1, 0.15) is 76.5 Å². The summed E-state index contributed by atoms with van der Waals surface area (Å²) in [4.78, 5) is 70.1. The van der Waals surface area contributed by atoms with Gasteiger partial charge in [0, 0.05) is 30.7 Å². The quantitative estimate of drug-likeness (QED) is 0.279. The van der Waals surface area contributed by atoms with Crippen molar-refractivity contribution in [3.8, 4) is 0 Å². The minimum Gasteiger partial charge on any atom is -0.449 e. The number of cyclic esters (lactones) is 1. The summed E-state index contributed by atoms with van der Waals surface area (Å²) in [6.45, 7) is 12.1. The van der Waals surface area contributed by atoms with Crippen LogP contribution in [-0.2, 0) is 43.1 Å². The lowest BCUT2D eigenvalue weighted by Gasteiger charge is -2.35. The summed E-state index contributed by atoms with van der Waals surface area (Å²) in [7, 11) is -4.19. The second-order valence-electron chi connectivity index (χ2n) is 15.9. The maximum atomic E-state index is 14.5. The molecule has 0 spiro atoms. The number of amides is 4. The second kappa shape index (κ2) is 14.7. The molecule has 3 N–H and O–H groups in total. The van der Waals surface area contributed by atoms with Gasteiger partial charge in [0.1, 0.15) is 23.5 Å². The smallest absolute Gasteiger partial charge is 0.410 e. The molecule has 2 fully saturated rings. The van der Waals surface area contributed by atoms with Gasteiger partial charge in [0.05, 0.1) is 13.2 Å². The third-order valence-electron chi connectivity index (χ3n) is 11.0. The zero-order chi connectivity index (χ0) is 37.4. The molecule has 3 aliphatic heterocycles. The first-order valence-corrected chi connectivity index (χ1v) is 19.9. The Morgan fingerprint density at radius 3 is 2.50 bits per heavy atom. The zero-order valence-electron chi connectivity index (χ0n) is 30.5. The maximum absolute atomic E-state index is 14.5. The fourth-order valence-electron chi connectivity index (χ4n) is 7.81. The molecule has 3 heterocycles. The molecule has 1 unspecified atom stereocenters. The van der Waals surface area contributed by atoms with E-state index in [0.717, 1.165) is 36.8 Å². The van der Waals surface area contributed by atoms with Crippen molar-refractivity contribution in [3.63, 3.8) is 0 Å². The first-order chi connectivity index (χ1) is 24.6. The Labute approximate surface area is 305 Å². The molecular formula is C39H51N4O8P. The molecule has 6 rings (SSSR count). The normalized spacial score (nSPS) is 29.6. The summed E-state index contributed by atoms with van der Waals surface area (Å²) in [6, 6.07) is 12.0. The SMILES string of the molecule is C=C[C@H]1C[C@]1(NC(=O)[C@@H]1C[C@@H]2CN1C(=O)[C@H](C(C)(C)C)NC(=O)OC[C@H](C)CCCCc1cccc3c1CN(C3)C(=O)O2)P(=O)(O)c1ccccc1. The first-order valence-electron chi connectivity index (χ1n) is 18.3. The molecule has 2 aromatic carbocycles. The van der Waals surface area contributed by atoms with Gasteiger partial charge < -0.3 is 29.9 Å². The van der Waals surface area contributed by atoms with Crippen LogP contribution in [-0.4, -0.2) is 75.3 Å². The Bertz CT molecular complexity index is 1760. The average Bonchev–Trinajstić information content (AvgIpc) is 3.42. The molecule has 2 aromatic rings. The van der Waals surface area contributed by atoms with Gasteiger partial charge in [-0.2, -0.15) is 0 Å². The van der Waals surface area contributed by atoms with Gasteiger partial charge in [0.2, 0.25) is 11.8 Å². The van der Waals surface area contributed by atoms with E-state index < -0.39 is 66.2 Å². The monoisotopic (exact) mass is 734 g/mol. The first kappa shape index (κ1) is 37.6. The molecule has 12 nitrogen and oxygen atoms in total. The van der Waals surface area contributed by atoms with Crippen molar-refractivity contribution in [1.29, 1.82) is 0 Å². The number of ether oxygens (including phenoxy) is 2. The van der Waals surface area contributed by atoms with Crippen molar-refractivity contribution in [2.45, 2.75) is 103 Å². The molecular weight excluding hydrogens is 683 g/mol. The van der Waals surface area contributed by atoms with Crippen LogP contribution >= 0.6 is 7.37 Å². The third-order valence-corrected chi connectivity index (χ3v) is 13.7. The molecule has 1 aliphatic carbocycles. The standard InChI is InChI=1S/C39H51N4O8P/c1-6-28-20-39(28,52(48,49)30-17-8-7-9-18-30)41-34(44)32-19-29-22-43(32)35(45)33(38(3,4)5)40-36(46)50-24-25(2)13-10-11-14-26-15-12-16-27-21-42(23-31(26)27)37(47)51-29/h6-9,12,15-18,25,28-29,32-33H,1,10-11,13-14,19-24H2,2-5H3,(H,40,46)(H,41,44)(H,48,49)/t25-,28+,29-,32+,33-,39+/m1/s1. The molecule has 4 amide bonds. The Balaban J connectivity index is 1.30. The highest BCUT2D eigenvalue weighted by Crippen LogP contribution is 2.68. The molecule has 0 radical (unpaired) electrons. The van der Waals surface area contributed by atoms with Crippen LogP contribution in [0, 0.1) is 17.3 Å². The van der Waals surface area contributed by atoms with E-state index in [1.807, 2.05) is 19.1 Å². The number of rotatable bonds is 5. The number of hydrogen-bond donors (Lipinski definition) is 3. The summed E-state index contributed by atoms with van der Waals surface area (Å²) in [5.41, 5.74) is 2.58. The fourth-order valence-corrected chi connectivity index (χ4v) is 10.1. The molecule has 0 aromatic heterocycles. The van der Waals surface area contributed by atoms with Gasteiger partial charge in [0.25, 0.3) is 7.37 Å². The van der Waals surface area contributed by atoms with E-state index in [2.05, 4.69) is 23.3 Å². The van der Waals surface area contributed by atoms with E-state index >= 15 is 0 Å². The maximum Gasteiger partial charge on any atom is 0.410 e. The summed E-state index contributed by atoms with van der Waals surface area (Å²) in [5, 5.41) is 4.31. The minimum atomic E-state index is -4.19. The molecule has 1 saturated heterocycles. The van der Waals surface area contributed by atoms with Crippen molar-refractivity contribution >= 4 is 36.7 Å². The van der Waals surface area contributed by atoms with Crippen molar-refractivity contribution in [2.75, 3.05) is 13.2 Å². The molecule has 52 heavy (non-hydrogen) atoms. The van der Waals surface area contributed by atoms with E-state index in [1.54, 1.807) is 62.1 Å². The van der Waals surface area contributed by atoms with E-state index in [-0.39, 0.29) is 37.2 Å². The number of nitrogens with zero attached hydrogens (tertiary/aromatic N) is 2. The molecule has 13 heteroatoms. The number of carbonyl (C=O) groups is 4. The highest BCUT2D eigenvalue weighted by molar-refractivity contribution is 7.68. The second-order valence-corrected chi connectivity index (χ2v) is 18.4. The summed E-state index contributed by atoms with van der Waals surface area (Å²) in [6.07, 6.45) is 3.18. The highest BCUT2D eigenvalue weighted by Gasteiger charge is 2.66. The van der Waals surface area contributed by atoms with E-state index in [9.17, 15) is 28.6 Å². The average molecular weight is 735 g/mol. The predicted octanol–water partition coefficient (Wildman–Crippen LogP) is 5.23. The summed E-state index contributed by atoms with van der Waals surface area (Å²) < 4.78 is 25.7. The van der Waals surface area contributed by atoms with Crippen molar-refractivity contribution in [1.82, 2.24) is 20.4 Å². The third kappa shape index (κ3) is 7.51. The van der Waals surface area contributed by atoms with Crippen LogP contribution < -0.4 is 15.9 Å². The van der Waals surface area contributed by atoms with E-state index in [0.29, 0.717) is 13.1 Å². The van der Waals surface area contributed by atoms with Gasteiger partial charge in [-0.1, -0.05) is 76.6 Å². The van der Waals surface area contributed by atoms with Gasteiger partial charge in [-0.3, -0.25) is 19.1 Å². The lowest BCUT2D eigenvalue weighted by Crippen LogP contribution is -2.58. The van der Waals surface area contributed by atoms with E-state index in [4.69, 9.17) is 9.47 Å². The molecule has 4 aliphatic rings. The van der Waals surface area contributed by atoms with Crippen LogP contribution in [0.4, 0.5) is 9.59 Å². The number of carbonyl (C=O) groups excluding carboxylic acids is 4. The lowest BCUT2D eigenvalue weighted by atomic mass is 9.85. The lowest BCUT2D eigenvalue weighted by molar-refractivity contribution is -0.142. The van der Waals surface area contributed by atoms with Crippen LogP contribution in [0.3, 0.4) is 0 Å². The van der Waals surface area contributed by atoms with Gasteiger partial charge in [-0.25, -0.2) is 9.59 Å². The fraction of sp³-hybridized carbons (Fsp3) is 0.538. The zero-order valence-corrected chi connectivity index (χ0v) is 31.4. The van der Waals surface area contributed by atoms with Crippen LogP contribution in [0.15, 0.2) is 61.2 Å². The number of benzene rings is 2. The van der Waals surface area contributed by atoms with Gasteiger partial charge in [-0.05, 0) is 65.8 Å². The summed E-state index contributed by atoms with van der Waals surface area (Å²) >= 11 is 0.